The normalized spacial score (nSPS) is 18.5. The summed E-state index contributed by atoms with van der Waals surface area (Å²) in [6, 6.07) is 9.27. The molecule has 0 bridgehead atoms. The van der Waals surface area contributed by atoms with Gasteiger partial charge in [0.05, 0.1) is 12.7 Å². The number of likely N-dealkylation sites (N-methyl/N-ethyl adjacent to an activating group) is 1. The molecule has 0 fully saturated rings. The Kier molecular flexibility index (Phi) is 7.02. The second-order valence-electron chi connectivity index (χ2n) is 6.72. The van der Waals surface area contributed by atoms with E-state index in [2.05, 4.69) is 39.3 Å². The molecule has 0 radical (unpaired) electrons. The highest BCUT2D eigenvalue weighted by Gasteiger charge is 2.24. The Hall–Kier alpha value is -1.29. The van der Waals surface area contributed by atoms with Crippen LogP contribution in [-0.4, -0.2) is 37.5 Å². The number of aliphatic hydroxyl groups excluding tert-OH is 1. The summed E-state index contributed by atoms with van der Waals surface area (Å²) in [6.45, 7) is 0.984. The van der Waals surface area contributed by atoms with E-state index in [0.29, 0.717) is 25.1 Å². The number of rotatable bonds is 7. The van der Waals surface area contributed by atoms with E-state index in [9.17, 15) is 13.9 Å². The summed E-state index contributed by atoms with van der Waals surface area (Å²) >= 11 is 2.27. The Morgan fingerprint density at radius 1 is 1.22 bits per heavy atom. The summed E-state index contributed by atoms with van der Waals surface area (Å²) in [4.78, 5) is 0. The van der Waals surface area contributed by atoms with E-state index in [-0.39, 0.29) is 12.1 Å². The van der Waals surface area contributed by atoms with Crippen LogP contribution < -0.4 is 15.4 Å². The van der Waals surface area contributed by atoms with Crippen LogP contribution in [0.5, 0.6) is 5.75 Å². The fourth-order valence-corrected chi connectivity index (χ4v) is 3.91. The quantitative estimate of drug-likeness (QED) is 0.525. The lowest BCUT2D eigenvalue weighted by Crippen LogP contribution is -2.46. The van der Waals surface area contributed by atoms with Gasteiger partial charge < -0.3 is 20.5 Å². The van der Waals surface area contributed by atoms with Crippen molar-refractivity contribution in [1.82, 2.24) is 10.6 Å². The van der Waals surface area contributed by atoms with Crippen molar-refractivity contribution in [2.45, 2.75) is 31.0 Å². The first-order chi connectivity index (χ1) is 13.0. The van der Waals surface area contributed by atoms with Gasteiger partial charge in [-0.15, -0.1) is 0 Å². The number of fused-ring (bicyclic) bond motifs is 1. The molecule has 1 aliphatic rings. The highest BCUT2D eigenvalue weighted by Crippen LogP contribution is 2.33. The third-order valence-electron chi connectivity index (χ3n) is 4.80. The molecular weight excluding hydrogens is 465 g/mol. The lowest BCUT2D eigenvalue weighted by atomic mass is 9.98. The molecule has 0 aromatic heterocycles. The van der Waals surface area contributed by atoms with Crippen LogP contribution in [0, 0.1) is 15.2 Å². The molecular formula is C20H23F2IN2O2. The van der Waals surface area contributed by atoms with Gasteiger partial charge in [-0.1, -0.05) is 0 Å². The molecule has 1 heterocycles. The van der Waals surface area contributed by atoms with Crippen molar-refractivity contribution in [3.63, 3.8) is 0 Å². The van der Waals surface area contributed by atoms with Crippen LogP contribution in [-0.2, 0) is 6.42 Å². The molecule has 0 amide bonds. The van der Waals surface area contributed by atoms with Gasteiger partial charge in [0.15, 0.2) is 0 Å². The monoisotopic (exact) mass is 488 g/mol. The molecule has 2 aromatic carbocycles. The summed E-state index contributed by atoms with van der Waals surface area (Å²) in [5, 5.41) is 17.0. The van der Waals surface area contributed by atoms with E-state index in [1.54, 1.807) is 7.05 Å². The Balaban J connectivity index is 1.62. The first-order valence-electron chi connectivity index (χ1n) is 8.92. The van der Waals surface area contributed by atoms with Gasteiger partial charge in [0, 0.05) is 40.2 Å². The van der Waals surface area contributed by atoms with Gasteiger partial charge in [0.25, 0.3) is 0 Å². The van der Waals surface area contributed by atoms with Gasteiger partial charge >= 0.3 is 0 Å². The predicted octanol–water partition coefficient (Wildman–Crippen LogP) is 3.17. The maximum atomic E-state index is 13.4. The SMILES string of the molecule is CNC(Cc1cc(F)cc(F)c1)C(O)CN[C@H]1CCOc2ccc(I)cc21. The molecule has 146 valence electrons. The smallest absolute Gasteiger partial charge is 0.126 e. The summed E-state index contributed by atoms with van der Waals surface area (Å²) in [5.41, 5.74) is 1.60. The predicted molar refractivity (Wildman–Crippen MR) is 109 cm³/mol. The zero-order chi connectivity index (χ0) is 19.4. The van der Waals surface area contributed by atoms with Crippen molar-refractivity contribution in [2.24, 2.45) is 0 Å². The summed E-state index contributed by atoms with van der Waals surface area (Å²) < 4.78 is 33.6. The van der Waals surface area contributed by atoms with Gasteiger partial charge in [0.1, 0.15) is 17.4 Å². The Bertz CT molecular complexity index is 770. The maximum Gasteiger partial charge on any atom is 0.126 e. The molecule has 0 spiro atoms. The molecule has 4 nitrogen and oxygen atoms in total. The van der Waals surface area contributed by atoms with Gasteiger partial charge in [-0.05, 0) is 72.0 Å². The van der Waals surface area contributed by atoms with Crippen molar-refractivity contribution < 1.29 is 18.6 Å². The van der Waals surface area contributed by atoms with Crippen LogP contribution >= 0.6 is 22.6 Å². The summed E-state index contributed by atoms with van der Waals surface area (Å²) in [6.07, 6.45) is 0.436. The molecule has 3 atom stereocenters. The molecule has 7 heteroatoms. The minimum absolute atomic E-state index is 0.0993. The second-order valence-corrected chi connectivity index (χ2v) is 7.97. The first kappa shape index (κ1) is 20.4. The maximum absolute atomic E-state index is 13.4. The molecule has 1 aliphatic heterocycles. The highest BCUT2D eigenvalue weighted by molar-refractivity contribution is 14.1. The molecule has 2 unspecified atom stereocenters. The van der Waals surface area contributed by atoms with E-state index in [1.807, 2.05) is 12.1 Å². The minimum Gasteiger partial charge on any atom is -0.493 e. The zero-order valence-corrected chi connectivity index (χ0v) is 17.2. The van der Waals surface area contributed by atoms with E-state index in [1.165, 1.54) is 12.1 Å². The van der Waals surface area contributed by atoms with Crippen LogP contribution in [0.1, 0.15) is 23.6 Å². The first-order valence-corrected chi connectivity index (χ1v) is 10.00. The Labute approximate surface area is 171 Å². The van der Waals surface area contributed by atoms with Crippen LogP contribution in [0.4, 0.5) is 8.78 Å². The van der Waals surface area contributed by atoms with E-state index in [0.717, 1.165) is 27.4 Å². The fraction of sp³-hybridized carbons (Fsp3) is 0.400. The number of hydrogen-bond donors (Lipinski definition) is 3. The average molecular weight is 488 g/mol. The molecule has 3 rings (SSSR count). The van der Waals surface area contributed by atoms with Gasteiger partial charge in [-0.2, -0.15) is 0 Å². The zero-order valence-electron chi connectivity index (χ0n) is 15.0. The third-order valence-corrected chi connectivity index (χ3v) is 5.47. The third kappa shape index (κ3) is 5.37. The molecule has 2 aromatic rings. The van der Waals surface area contributed by atoms with E-state index < -0.39 is 17.7 Å². The Morgan fingerprint density at radius 3 is 2.67 bits per heavy atom. The molecule has 3 N–H and O–H groups in total. The topological polar surface area (TPSA) is 53.5 Å². The van der Waals surface area contributed by atoms with Crippen molar-refractivity contribution in [3.8, 4) is 5.75 Å². The lowest BCUT2D eigenvalue weighted by molar-refractivity contribution is 0.121. The molecule has 0 saturated heterocycles. The highest BCUT2D eigenvalue weighted by atomic mass is 127. The van der Waals surface area contributed by atoms with Crippen LogP contribution in [0.25, 0.3) is 0 Å². The number of benzene rings is 2. The fourth-order valence-electron chi connectivity index (χ4n) is 3.40. The number of halogens is 3. The van der Waals surface area contributed by atoms with Crippen LogP contribution in [0.3, 0.4) is 0 Å². The second kappa shape index (κ2) is 9.27. The average Bonchev–Trinajstić information content (AvgIpc) is 2.63. The van der Waals surface area contributed by atoms with Crippen molar-refractivity contribution in [2.75, 3.05) is 20.2 Å². The van der Waals surface area contributed by atoms with E-state index >= 15 is 0 Å². The van der Waals surface area contributed by atoms with Crippen molar-refractivity contribution in [3.05, 3.63) is 62.7 Å². The van der Waals surface area contributed by atoms with Crippen molar-refractivity contribution >= 4 is 22.6 Å². The van der Waals surface area contributed by atoms with Gasteiger partial charge in [-0.3, -0.25) is 0 Å². The lowest BCUT2D eigenvalue weighted by Gasteiger charge is -2.29. The van der Waals surface area contributed by atoms with Gasteiger partial charge in [0.2, 0.25) is 0 Å². The number of ether oxygens (including phenoxy) is 1. The minimum atomic E-state index is -0.713. The molecule has 0 aliphatic carbocycles. The number of hydrogen-bond acceptors (Lipinski definition) is 4. The number of nitrogens with one attached hydrogen (secondary N) is 2. The summed E-state index contributed by atoms with van der Waals surface area (Å²) in [7, 11) is 1.73. The largest absolute Gasteiger partial charge is 0.493 e. The molecule has 0 saturated carbocycles. The van der Waals surface area contributed by atoms with E-state index in [4.69, 9.17) is 4.74 Å². The van der Waals surface area contributed by atoms with Crippen molar-refractivity contribution in [1.29, 1.82) is 0 Å². The Morgan fingerprint density at radius 2 is 1.96 bits per heavy atom. The van der Waals surface area contributed by atoms with Crippen LogP contribution in [0.2, 0.25) is 0 Å². The van der Waals surface area contributed by atoms with Crippen LogP contribution in [0.15, 0.2) is 36.4 Å². The molecule has 27 heavy (non-hydrogen) atoms. The standard InChI is InChI=1S/C20H23F2IN2O2/c1-24-18(8-12-6-13(21)9-14(22)7-12)19(26)11-25-17-4-5-27-20-3-2-15(23)10-16(17)20/h2-3,6-7,9-10,17-19,24-26H,4-5,8,11H2,1H3/t17-,18?,19?/m0/s1. The summed E-state index contributed by atoms with van der Waals surface area (Å²) in [5.74, 6) is -0.351. The van der Waals surface area contributed by atoms with Gasteiger partial charge in [-0.25, -0.2) is 8.78 Å². The number of aliphatic hydroxyl groups is 1.